The Hall–Kier alpha value is -1.02. The molecule has 120 valence electrons. The van der Waals surface area contributed by atoms with Gasteiger partial charge in [-0.3, -0.25) is 4.90 Å². The molecule has 0 saturated heterocycles. The van der Waals surface area contributed by atoms with E-state index in [-0.39, 0.29) is 5.54 Å². The van der Waals surface area contributed by atoms with Crippen molar-refractivity contribution in [2.24, 2.45) is 5.41 Å². The summed E-state index contributed by atoms with van der Waals surface area (Å²) in [5.74, 6) is 0.926. The zero-order valence-corrected chi connectivity index (χ0v) is 15.0. The van der Waals surface area contributed by atoms with E-state index in [4.69, 9.17) is 4.74 Å². The SMILES string of the molecule is CCCN(Cc1ccc(OC)cc1)C(C)(C)CC(C)(C)C. The molecule has 0 unspecified atom stereocenters. The Labute approximate surface area is 131 Å². The van der Waals surface area contributed by atoms with Crippen LogP contribution >= 0.6 is 0 Å². The van der Waals surface area contributed by atoms with Crippen LogP contribution in [-0.4, -0.2) is 24.1 Å². The van der Waals surface area contributed by atoms with Gasteiger partial charge in [-0.25, -0.2) is 0 Å². The van der Waals surface area contributed by atoms with Crippen molar-refractivity contribution < 1.29 is 4.74 Å². The quantitative estimate of drug-likeness (QED) is 0.691. The summed E-state index contributed by atoms with van der Waals surface area (Å²) in [5, 5.41) is 0. The molecule has 0 aromatic heterocycles. The monoisotopic (exact) mass is 291 g/mol. The molecule has 2 heteroatoms. The van der Waals surface area contributed by atoms with Crippen molar-refractivity contribution in [1.29, 1.82) is 0 Å². The van der Waals surface area contributed by atoms with Crippen LogP contribution in [0.1, 0.15) is 59.9 Å². The lowest BCUT2D eigenvalue weighted by Crippen LogP contribution is -2.46. The second-order valence-corrected chi connectivity index (χ2v) is 7.82. The molecule has 1 rings (SSSR count). The van der Waals surface area contributed by atoms with Crippen LogP contribution < -0.4 is 4.74 Å². The Bertz CT molecular complexity index is 414. The van der Waals surface area contributed by atoms with Gasteiger partial charge in [0.05, 0.1) is 7.11 Å². The molecule has 0 heterocycles. The van der Waals surface area contributed by atoms with E-state index in [2.05, 4.69) is 70.7 Å². The van der Waals surface area contributed by atoms with Gasteiger partial charge in [-0.1, -0.05) is 39.8 Å². The van der Waals surface area contributed by atoms with E-state index in [0.717, 1.165) is 18.8 Å². The number of nitrogens with zero attached hydrogens (tertiary/aromatic N) is 1. The Kier molecular flexibility index (Phi) is 6.27. The molecule has 0 atom stereocenters. The van der Waals surface area contributed by atoms with E-state index in [0.29, 0.717) is 5.41 Å². The average molecular weight is 291 g/mol. The van der Waals surface area contributed by atoms with E-state index in [1.807, 2.05) is 0 Å². The van der Waals surface area contributed by atoms with Gasteiger partial charge >= 0.3 is 0 Å². The molecule has 0 saturated carbocycles. The maximum atomic E-state index is 5.24. The van der Waals surface area contributed by atoms with Gasteiger partial charge in [0.25, 0.3) is 0 Å². The average Bonchev–Trinajstić information content (AvgIpc) is 2.36. The van der Waals surface area contributed by atoms with Crippen molar-refractivity contribution in [3.8, 4) is 5.75 Å². The molecule has 0 aliphatic heterocycles. The zero-order valence-electron chi connectivity index (χ0n) is 15.0. The summed E-state index contributed by atoms with van der Waals surface area (Å²) in [5.41, 5.74) is 1.90. The lowest BCUT2D eigenvalue weighted by molar-refractivity contribution is 0.0696. The molecule has 0 amide bonds. The molecule has 0 spiro atoms. The standard InChI is InChI=1S/C19H33NO/c1-8-13-20(19(5,6)15-18(2,3)4)14-16-9-11-17(21-7)12-10-16/h9-12H,8,13-15H2,1-7H3. The van der Waals surface area contributed by atoms with Crippen LogP contribution in [0, 0.1) is 5.41 Å². The van der Waals surface area contributed by atoms with Gasteiger partial charge in [0.1, 0.15) is 5.75 Å². The van der Waals surface area contributed by atoms with E-state index >= 15 is 0 Å². The minimum absolute atomic E-state index is 0.203. The van der Waals surface area contributed by atoms with Crippen molar-refractivity contribution in [2.45, 2.75) is 66.5 Å². The van der Waals surface area contributed by atoms with E-state index in [1.165, 1.54) is 18.4 Å². The molecule has 0 radical (unpaired) electrons. The highest BCUT2D eigenvalue weighted by molar-refractivity contribution is 5.27. The first-order valence-electron chi connectivity index (χ1n) is 8.06. The molecule has 0 fully saturated rings. The third-order valence-corrected chi connectivity index (χ3v) is 3.85. The summed E-state index contributed by atoms with van der Waals surface area (Å²) in [6.07, 6.45) is 2.37. The molecule has 0 bridgehead atoms. The molecule has 0 aliphatic carbocycles. The van der Waals surface area contributed by atoms with Crippen molar-refractivity contribution >= 4 is 0 Å². The molecule has 1 aromatic rings. The van der Waals surface area contributed by atoms with Crippen molar-refractivity contribution in [3.63, 3.8) is 0 Å². The van der Waals surface area contributed by atoms with Crippen molar-refractivity contribution in [3.05, 3.63) is 29.8 Å². The molecular weight excluding hydrogens is 258 g/mol. The van der Waals surface area contributed by atoms with Gasteiger partial charge < -0.3 is 4.74 Å². The predicted octanol–water partition coefficient (Wildman–Crippen LogP) is 5.12. The summed E-state index contributed by atoms with van der Waals surface area (Å²) >= 11 is 0. The zero-order chi connectivity index (χ0) is 16.1. The van der Waals surface area contributed by atoms with Crippen LogP contribution in [0.25, 0.3) is 0 Å². The van der Waals surface area contributed by atoms with Gasteiger partial charge in [-0.15, -0.1) is 0 Å². The number of hydrogen-bond donors (Lipinski definition) is 0. The fourth-order valence-corrected chi connectivity index (χ4v) is 3.23. The minimum atomic E-state index is 0.203. The Morgan fingerprint density at radius 1 is 1.00 bits per heavy atom. The summed E-state index contributed by atoms with van der Waals surface area (Å²) in [6, 6.07) is 8.45. The maximum absolute atomic E-state index is 5.24. The van der Waals surface area contributed by atoms with Crippen LogP contribution in [0.15, 0.2) is 24.3 Å². The summed E-state index contributed by atoms with van der Waals surface area (Å²) in [6.45, 7) is 16.1. The fraction of sp³-hybridized carbons (Fsp3) is 0.684. The highest BCUT2D eigenvalue weighted by Crippen LogP contribution is 2.32. The second kappa shape index (κ2) is 7.31. The molecule has 1 aromatic carbocycles. The van der Waals surface area contributed by atoms with Crippen LogP contribution in [-0.2, 0) is 6.54 Å². The highest BCUT2D eigenvalue weighted by atomic mass is 16.5. The normalized spacial score (nSPS) is 12.8. The van der Waals surface area contributed by atoms with Gasteiger partial charge in [-0.2, -0.15) is 0 Å². The van der Waals surface area contributed by atoms with Crippen LogP contribution in [0.3, 0.4) is 0 Å². The number of rotatable bonds is 7. The number of hydrogen-bond acceptors (Lipinski definition) is 2. The summed E-state index contributed by atoms with van der Waals surface area (Å²) in [7, 11) is 1.71. The fourth-order valence-electron chi connectivity index (χ4n) is 3.23. The Balaban J connectivity index is 2.84. The number of methoxy groups -OCH3 is 1. The third kappa shape index (κ3) is 6.09. The second-order valence-electron chi connectivity index (χ2n) is 7.82. The number of ether oxygens (including phenoxy) is 1. The summed E-state index contributed by atoms with van der Waals surface area (Å²) in [4.78, 5) is 2.61. The first-order valence-corrected chi connectivity index (χ1v) is 8.06. The smallest absolute Gasteiger partial charge is 0.118 e. The third-order valence-electron chi connectivity index (χ3n) is 3.85. The van der Waals surface area contributed by atoms with E-state index in [9.17, 15) is 0 Å². The highest BCUT2D eigenvalue weighted by Gasteiger charge is 2.30. The topological polar surface area (TPSA) is 12.5 Å². The number of benzene rings is 1. The molecule has 2 nitrogen and oxygen atoms in total. The maximum Gasteiger partial charge on any atom is 0.118 e. The lowest BCUT2D eigenvalue weighted by atomic mass is 9.80. The first-order chi connectivity index (χ1) is 9.68. The molecule has 21 heavy (non-hydrogen) atoms. The van der Waals surface area contributed by atoms with E-state index < -0.39 is 0 Å². The molecule has 0 aliphatic rings. The van der Waals surface area contributed by atoms with Gasteiger partial charge in [-0.05, 0) is 56.3 Å². The van der Waals surface area contributed by atoms with Crippen LogP contribution in [0.4, 0.5) is 0 Å². The van der Waals surface area contributed by atoms with Crippen molar-refractivity contribution in [2.75, 3.05) is 13.7 Å². The molecule has 0 N–H and O–H groups in total. The Morgan fingerprint density at radius 3 is 2.00 bits per heavy atom. The predicted molar refractivity (Wildman–Crippen MR) is 91.8 cm³/mol. The first kappa shape index (κ1) is 18.0. The summed E-state index contributed by atoms with van der Waals surface area (Å²) < 4.78 is 5.24. The van der Waals surface area contributed by atoms with Gasteiger partial charge in [0.15, 0.2) is 0 Å². The van der Waals surface area contributed by atoms with Gasteiger partial charge in [0.2, 0.25) is 0 Å². The molecular formula is C19H33NO. The van der Waals surface area contributed by atoms with Crippen LogP contribution in [0.2, 0.25) is 0 Å². The van der Waals surface area contributed by atoms with Gasteiger partial charge in [0, 0.05) is 12.1 Å². The van der Waals surface area contributed by atoms with E-state index in [1.54, 1.807) is 7.11 Å². The largest absolute Gasteiger partial charge is 0.497 e. The van der Waals surface area contributed by atoms with Crippen LogP contribution in [0.5, 0.6) is 5.75 Å². The minimum Gasteiger partial charge on any atom is -0.497 e. The lowest BCUT2D eigenvalue weighted by Gasteiger charge is -2.42. The van der Waals surface area contributed by atoms with Crippen molar-refractivity contribution in [1.82, 2.24) is 4.90 Å². The Morgan fingerprint density at radius 2 is 1.57 bits per heavy atom.